The fraction of sp³-hybridized carbons (Fsp3) is 0.0500. The molecule has 0 fully saturated rings. The van der Waals surface area contributed by atoms with E-state index in [1.54, 1.807) is 0 Å². The van der Waals surface area contributed by atoms with Gasteiger partial charge in [-0.1, -0.05) is 12.1 Å². The maximum absolute atomic E-state index is 14.2. The van der Waals surface area contributed by atoms with Crippen molar-refractivity contribution in [1.29, 1.82) is 0 Å². The van der Waals surface area contributed by atoms with Crippen molar-refractivity contribution in [3.63, 3.8) is 0 Å². The minimum absolute atomic E-state index is 0.0751. The lowest BCUT2D eigenvalue weighted by atomic mass is 10.1. The lowest BCUT2D eigenvalue weighted by molar-refractivity contribution is -0.119. The number of nitrogens with one attached hydrogen (secondary N) is 2. The van der Waals surface area contributed by atoms with Crippen LogP contribution in [-0.4, -0.2) is 16.9 Å². The van der Waals surface area contributed by atoms with Crippen LogP contribution in [0, 0.1) is 11.6 Å². The number of rotatable bonds is 5. The molecule has 0 bridgehead atoms. The number of hydrogen-bond acceptors (Lipinski definition) is 5. The fourth-order valence-corrected chi connectivity index (χ4v) is 2.40. The molecule has 29 heavy (non-hydrogen) atoms. The number of urea groups is 1. The summed E-state index contributed by atoms with van der Waals surface area (Å²) in [6.07, 6.45) is 1.32. The van der Waals surface area contributed by atoms with Crippen molar-refractivity contribution in [3.05, 3.63) is 78.0 Å². The number of nitrogen functional groups attached to an aromatic ring is 1. The molecule has 0 aliphatic carbocycles. The van der Waals surface area contributed by atoms with Gasteiger partial charge < -0.3 is 15.8 Å². The van der Waals surface area contributed by atoms with Crippen LogP contribution in [0.4, 0.5) is 25.1 Å². The number of anilines is 2. The van der Waals surface area contributed by atoms with Crippen molar-refractivity contribution in [2.45, 2.75) is 6.42 Å². The van der Waals surface area contributed by atoms with E-state index in [4.69, 9.17) is 10.5 Å². The number of imide groups is 1. The molecule has 9 heteroatoms. The van der Waals surface area contributed by atoms with E-state index in [2.05, 4.69) is 15.6 Å². The first-order valence-corrected chi connectivity index (χ1v) is 8.43. The quantitative estimate of drug-likeness (QED) is 0.609. The molecule has 0 radical (unpaired) electrons. The molecule has 1 heterocycles. The molecule has 0 spiro atoms. The Bertz CT molecular complexity index is 1040. The molecule has 0 saturated carbocycles. The van der Waals surface area contributed by atoms with Crippen molar-refractivity contribution >= 4 is 23.4 Å². The van der Waals surface area contributed by atoms with E-state index in [0.29, 0.717) is 11.3 Å². The maximum atomic E-state index is 14.2. The van der Waals surface area contributed by atoms with Crippen LogP contribution >= 0.6 is 0 Å². The zero-order chi connectivity index (χ0) is 20.8. The standard InChI is InChI=1S/C20H16F2N4O3/c21-13-3-1-12(2-4-13)9-19(27)26-20(28)25-14-5-6-17(16(22)10-14)29-15-7-8-24-18(23)11-15/h1-8,10-11H,9H2,(H2,23,24)(H2,25,26,27,28). The summed E-state index contributed by atoms with van der Waals surface area (Å²) in [6.45, 7) is 0. The average molecular weight is 398 g/mol. The highest BCUT2D eigenvalue weighted by Crippen LogP contribution is 2.27. The van der Waals surface area contributed by atoms with Crippen molar-refractivity contribution in [2.24, 2.45) is 0 Å². The van der Waals surface area contributed by atoms with Gasteiger partial charge >= 0.3 is 6.03 Å². The molecule has 0 aliphatic heterocycles. The van der Waals surface area contributed by atoms with E-state index < -0.39 is 23.6 Å². The van der Waals surface area contributed by atoms with Crippen LogP contribution in [0.3, 0.4) is 0 Å². The molecule has 0 unspecified atom stereocenters. The van der Waals surface area contributed by atoms with Crippen LogP contribution < -0.4 is 21.1 Å². The minimum atomic E-state index is -0.827. The van der Waals surface area contributed by atoms with Gasteiger partial charge in [-0.25, -0.2) is 18.6 Å². The van der Waals surface area contributed by atoms with E-state index >= 15 is 0 Å². The van der Waals surface area contributed by atoms with Crippen LogP contribution in [-0.2, 0) is 11.2 Å². The summed E-state index contributed by atoms with van der Waals surface area (Å²) in [5.74, 6) is -1.28. The van der Waals surface area contributed by atoms with Crippen molar-refractivity contribution in [3.8, 4) is 11.5 Å². The number of aromatic nitrogens is 1. The number of pyridine rings is 1. The Morgan fingerprint density at radius 2 is 1.79 bits per heavy atom. The Hall–Kier alpha value is -4.01. The second-order valence-electron chi connectivity index (χ2n) is 5.97. The predicted molar refractivity (Wildman–Crippen MR) is 102 cm³/mol. The first-order valence-electron chi connectivity index (χ1n) is 8.43. The third kappa shape index (κ3) is 5.73. The van der Waals surface area contributed by atoms with Gasteiger partial charge in [-0.15, -0.1) is 0 Å². The number of benzene rings is 2. The van der Waals surface area contributed by atoms with Crippen molar-refractivity contribution < 1.29 is 23.1 Å². The van der Waals surface area contributed by atoms with E-state index in [1.807, 2.05) is 0 Å². The van der Waals surface area contributed by atoms with Crippen LogP contribution in [0.25, 0.3) is 0 Å². The highest BCUT2D eigenvalue weighted by Gasteiger charge is 2.11. The molecule has 0 saturated heterocycles. The Balaban J connectivity index is 1.56. The minimum Gasteiger partial charge on any atom is -0.454 e. The summed E-state index contributed by atoms with van der Waals surface area (Å²) >= 11 is 0. The number of halogens is 2. The lowest BCUT2D eigenvalue weighted by Gasteiger charge is -2.10. The monoisotopic (exact) mass is 398 g/mol. The largest absolute Gasteiger partial charge is 0.454 e. The average Bonchev–Trinajstić information content (AvgIpc) is 2.66. The Kier molecular flexibility index (Phi) is 5.98. The van der Waals surface area contributed by atoms with Gasteiger partial charge in [0.15, 0.2) is 11.6 Å². The molecule has 0 aliphatic rings. The molecule has 4 N–H and O–H groups in total. The number of ether oxygens (including phenoxy) is 1. The van der Waals surface area contributed by atoms with E-state index in [-0.39, 0.29) is 23.7 Å². The second-order valence-corrected chi connectivity index (χ2v) is 5.97. The molecule has 1 aromatic heterocycles. The number of carbonyl (C=O) groups is 2. The molecule has 3 amide bonds. The molecule has 3 aromatic rings. The SMILES string of the molecule is Nc1cc(Oc2ccc(NC(=O)NC(=O)Cc3ccc(F)cc3)cc2F)ccn1. The van der Waals surface area contributed by atoms with Gasteiger partial charge in [-0.05, 0) is 35.9 Å². The lowest BCUT2D eigenvalue weighted by Crippen LogP contribution is -2.35. The summed E-state index contributed by atoms with van der Waals surface area (Å²) in [6, 6.07) is 11.2. The summed E-state index contributed by atoms with van der Waals surface area (Å²) in [5, 5.41) is 4.47. The fourth-order valence-electron chi connectivity index (χ4n) is 2.40. The van der Waals surface area contributed by atoms with Gasteiger partial charge in [0, 0.05) is 24.0 Å². The summed E-state index contributed by atoms with van der Waals surface area (Å²) in [7, 11) is 0. The molecule has 3 rings (SSSR count). The Morgan fingerprint density at radius 3 is 2.48 bits per heavy atom. The Labute approximate surface area is 164 Å². The molecular weight excluding hydrogens is 382 g/mol. The number of nitrogens with two attached hydrogens (primary N) is 1. The molecule has 2 aromatic carbocycles. The highest BCUT2D eigenvalue weighted by molar-refractivity contribution is 6.01. The topological polar surface area (TPSA) is 106 Å². The number of hydrogen-bond donors (Lipinski definition) is 3. The van der Waals surface area contributed by atoms with Gasteiger partial charge in [0.25, 0.3) is 0 Å². The summed E-state index contributed by atoms with van der Waals surface area (Å²) in [5.41, 5.74) is 6.20. The van der Waals surface area contributed by atoms with E-state index in [9.17, 15) is 18.4 Å². The summed E-state index contributed by atoms with van der Waals surface area (Å²) in [4.78, 5) is 27.6. The predicted octanol–water partition coefficient (Wildman–Crippen LogP) is 3.63. The van der Waals surface area contributed by atoms with Gasteiger partial charge in [0.2, 0.25) is 5.91 Å². The van der Waals surface area contributed by atoms with Crippen LogP contribution in [0.5, 0.6) is 11.5 Å². The molecule has 7 nitrogen and oxygen atoms in total. The van der Waals surface area contributed by atoms with E-state index in [1.165, 1.54) is 54.7 Å². The van der Waals surface area contributed by atoms with Crippen molar-refractivity contribution in [2.75, 3.05) is 11.1 Å². The van der Waals surface area contributed by atoms with Gasteiger partial charge in [-0.3, -0.25) is 10.1 Å². The Morgan fingerprint density at radius 1 is 1.03 bits per heavy atom. The third-order valence-corrected chi connectivity index (χ3v) is 3.70. The van der Waals surface area contributed by atoms with Gasteiger partial charge in [0.05, 0.1) is 6.42 Å². The van der Waals surface area contributed by atoms with Gasteiger partial charge in [0.1, 0.15) is 17.4 Å². The third-order valence-electron chi connectivity index (χ3n) is 3.70. The van der Waals surface area contributed by atoms with E-state index in [0.717, 1.165) is 6.07 Å². The zero-order valence-electron chi connectivity index (χ0n) is 15.0. The zero-order valence-corrected chi connectivity index (χ0v) is 15.0. The summed E-state index contributed by atoms with van der Waals surface area (Å²) < 4.78 is 32.5. The normalized spacial score (nSPS) is 10.3. The molecule has 148 valence electrons. The van der Waals surface area contributed by atoms with Crippen LogP contribution in [0.1, 0.15) is 5.56 Å². The highest BCUT2D eigenvalue weighted by atomic mass is 19.1. The molecular formula is C20H16F2N4O3. The maximum Gasteiger partial charge on any atom is 0.325 e. The second kappa shape index (κ2) is 8.79. The molecule has 0 atom stereocenters. The first kappa shape index (κ1) is 19.7. The van der Waals surface area contributed by atoms with Crippen LogP contribution in [0.15, 0.2) is 60.8 Å². The number of amides is 3. The van der Waals surface area contributed by atoms with Gasteiger partial charge in [-0.2, -0.15) is 0 Å². The smallest absolute Gasteiger partial charge is 0.325 e. The van der Waals surface area contributed by atoms with Crippen molar-refractivity contribution in [1.82, 2.24) is 10.3 Å². The van der Waals surface area contributed by atoms with Crippen LogP contribution in [0.2, 0.25) is 0 Å². The number of carbonyl (C=O) groups excluding carboxylic acids is 2. The number of nitrogens with zero attached hydrogens (tertiary/aromatic N) is 1. The first-order chi connectivity index (χ1) is 13.9.